The minimum absolute atomic E-state index is 0.166. The molecule has 4 heteroatoms. The molecule has 0 aliphatic carbocycles. The van der Waals surface area contributed by atoms with Crippen molar-refractivity contribution in [1.29, 1.82) is 0 Å². The molecular weight excluding hydrogens is 243 g/mol. The van der Waals surface area contributed by atoms with Crippen molar-refractivity contribution < 1.29 is 9.13 Å². The number of morpholine rings is 1. The van der Waals surface area contributed by atoms with Gasteiger partial charge in [0.2, 0.25) is 0 Å². The van der Waals surface area contributed by atoms with Crippen LogP contribution in [0.15, 0.2) is 24.3 Å². The average molecular weight is 266 g/mol. The molecule has 0 amide bonds. The van der Waals surface area contributed by atoms with Crippen LogP contribution >= 0.6 is 0 Å². The van der Waals surface area contributed by atoms with Gasteiger partial charge in [0.25, 0.3) is 0 Å². The van der Waals surface area contributed by atoms with E-state index in [1.54, 1.807) is 0 Å². The van der Waals surface area contributed by atoms with Crippen LogP contribution in [0.3, 0.4) is 0 Å². The highest BCUT2D eigenvalue weighted by Crippen LogP contribution is 2.05. The monoisotopic (exact) mass is 266 g/mol. The second-order valence-corrected chi connectivity index (χ2v) is 5.19. The van der Waals surface area contributed by atoms with Gasteiger partial charge >= 0.3 is 0 Å². The first-order valence-electron chi connectivity index (χ1n) is 6.98. The first kappa shape index (κ1) is 14.4. The molecule has 1 aliphatic heterocycles. The van der Waals surface area contributed by atoms with E-state index in [1.165, 1.54) is 17.7 Å². The smallest absolute Gasteiger partial charge is 0.123 e. The molecule has 19 heavy (non-hydrogen) atoms. The molecule has 2 rings (SSSR count). The zero-order valence-corrected chi connectivity index (χ0v) is 11.6. The van der Waals surface area contributed by atoms with E-state index in [1.807, 2.05) is 12.1 Å². The predicted octanol–water partition coefficient (Wildman–Crippen LogP) is 1.68. The SMILES string of the molecule is CN(CCc1ccc(F)cc1)CCC1COCCN1. The van der Waals surface area contributed by atoms with Gasteiger partial charge in [0.1, 0.15) is 5.82 Å². The van der Waals surface area contributed by atoms with Gasteiger partial charge in [-0.15, -0.1) is 0 Å². The molecule has 1 aromatic carbocycles. The largest absolute Gasteiger partial charge is 0.379 e. The third-order valence-electron chi connectivity index (χ3n) is 3.55. The van der Waals surface area contributed by atoms with Crippen molar-refractivity contribution >= 4 is 0 Å². The van der Waals surface area contributed by atoms with Crippen LogP contribution < -0.4 is 5.32 Å². The van der Waals surface area contributed by atoms with Crippen LogP contribution in [-0.4, -0.2) is 50.8 Å². The van der Waals surface area contributed by atoms with Crippen LogP contribution in [0.25, 0.3) is 0 Å². The summed E-state index contributed by atoms with van der Waals surface area (Å²) in [7, 11) is 2.13. The number of likely N-dealkylation sites (N-methyl/N-ethyl adjacent to an activating group) is 1. The summed E-state index contributed by atoms with van der Waals surface area (Å²) in [6.07, 6.45) is 2.07. The summed E-state index contributed by atoms with van der Waals surface area (Å²) in [6, 6.07) is 7.26. The van der Waals surface area contributed by atoms with Gasteiger partial charge in [0.05, 0.1) is 13.2 Å². The second kappa shape index (κ2) is 7.58. The third-order valence-corrected chi connectivity index (χ3v) is 3.55. The molecule has 0 aromatic heterocycles. The quantitative estimate of drug-likeness (QED) is 0.848. The van der Waals surface area contributed by atoms with E-state index in [0.29, 0.717) is 6.04 Å². The molecule has 1 aromatic rings. The van der Waals surface area contributed by atoms with Crippen molar-refractivity contribution in [2.75, 3.05) is 39.9 Å². The Bertz CT molecular complexity index is 363. The maximum absolute atomic E-state index is 12.8. The molecule has 106 valence electrons. The number of rotatable bonds is 6. The first-order chi connectivity index (χ1) is 9.24. The van der Waals surface area contributed by atoms with Crippen molar-refractivity contribution in [1.82, 2.24) is 10.2 Å². The lowest BCUT2D eigenvalue weighted by molar-refractivity contribution is 0.0711. The predicted molar refractivity (Wildman–Crippen MR) is 74.8 cm³/mol. The standard InChI is InChI=1S/C15H23FN2O/c1-18(10-7-15-12-19-11-8-17-15)9-6-13-2-4-14(16)5-3-13/h2-5,15,17H,6-12H2,1H3. The van der Waals surface area contributed by atoms with E-state index in [4.69, 9.17) is 4.74 Å². The number of halogens is 1. The van der Waals surface area contributed by atoms with Gasteiger partial charge < -0.3 is 15.0 Å². The van der Waals surface area contributed by atoms with Gasteiger partial charge in [-0.25, -0.2) is 4.39 Å². The Morgan fingerprint density at radius 2 is 2.11 bits per heavy atom. The van der Waals surface area contributed by atoms with Crippen LogP contribution in [0.4, 0.5) is 4.39 Å². The number of nitrogens with zero attached hydrogens (tertiary/aromatic N) is 1. The van der Waals surface area contributed by atoms with Crippen LogP contribution in [0, 0.1) is 5.82 Å². The summed E-state index contributed by atoms with van der Waals surface area (Å²) in [5.74, 6) is -0.166. The van der Waals surface area contributed by atoms with Gasteiger partial charge in [-0.1, -0.05) is 12.1 Å². The second-order valence-electron chi connectivity index (χ2n) is 5.19. The van der Waals surface area contributed by atoms with E-state index < -0.39 is 0 Å². The molecule has 1 unspecified atom stereocenters. The molecule has 1 atom stereocenters. The summed E-state index contributed by atoms with van der Waals surface area (Å²) in [4.78, 5) is 2.32. The molecule has 1 fully saturated rings. The number of hydrogen-bond donors (Lipinski definition) is 1. The van der Waals surface area contributed by atoms with Gasteiger partial charge in [-0.2, -0.15) is 0 Å². The number of ether oxygens (including phenoxy) is 1. The minimum atomic E-state index is -0.166. The van der Waals surface area contributed by atoms with E-state index in [-0.39, 0.29) is 5.82 Å². The zero-order valence-electron chi connectivity index (χ0n) is 11.6. The van der Waals surface area contributed by atoms with E-state index >= 15 is 0 Å². The molecule has 1 heterocycles. The Balaban J connectivity index is 1.63. The van der Waals surface area contributed by atoms with Crippen LogP contribution in [0.2, 0.25) is 0 Å². The fourth-order valence-electron chi connectivity index (χ4n) is 2.26. The lowest BCUT2D eigenvalue weighted by atomic mass is 10.1. The Labute approximate surface area is 114 Å². The number of hydrogen-bond acceptors (Lipinski definition) is 3. The third kappa shape index (κ3) is 5.27. The maximum Gasteiger partial charge on any atom is 0.123 e. The summed E-state index contributed by atoms with van der Waals surface area (Å²) in [5, 5.41) is 3.46. The number of nitrogens with one attached hydrogen (secondary N) is 1. The number of benzene rings is 1. The lowest BCUT2D eigenvalue weighted by Crippen LogP contribution is -2.43. The van der Waals surface area contributed by atoms with Gasteiger partial charge in [0, 0.05) is 19.1 Å². The molecule has 1 N–H and O–H groups in total. The summed E-state index contributed by atoms with van der Waals surface area (Å²) >= 11 is 0. The van der Waals surface area contributed by atoms with E-state index in [9.17, 15) is 4.39 Å². The zero-order chi connectivity index (χ0) is 13.5. The van der Waals surface area contributed by atoms with Crippen molar-refractivity contribution in [2.24, 2.45) is 0 Å². The van der Waals surface area contributed by atoms with Crippen LogP contribution in [0.5, 0.6) is 0 Å². The van der Waals surface area contributed by atoms with Crippen LogP contribution in [0.1, 0.15) is 12.0 Å². The lowest BCUT2D eigenvalue weighted by Gasteiger charge is -2.26. The molecule has 1 saturated heterocycles. The molecule has 3 nitrogen and oxygen atoms in total. The molecule has 0 saturated carbocycles. The molecule has 0 bridgehead atoms. The Morgan fingerprint density at radius 1 is 1.32 bits per heavy atom. The summed E-state index contributed by atoms with van der Waals surface area (Å²) < 4.78 is 18.2. The maximum atomic E-state index is 12.8. The fraction of sp³-hybridized carbons (Fsp3) is 0.600. The average Bonchev–Trinajstić information content (AvgIpc) is 2.45. The van der Waals surface area contributed by atoms with Gasteiger partial charge in [-0.05, 0) is 44.1 Å². The highest BCUT2D eigenvalue weighted by atomic mass is 19.1. The van der Waals surface area contributed by atoms with E-state index in [2.05, 4.69) is 17.3 Å². The normalized spacial score (nSPS) is 19.8. The Morgan fingerprint density at radius 3 is 2.79 bits per heavy atom. The summed E-state index contributed by atoms with van der Waals surface area (Å²) in [6.45, 7) is 4.67. The van der Waals surface area contributed by atoms with Gasteiger partial charge in [0.15, 0.2) is 0 Å². The Hall–Kier alpha value is -0.970. The molecule has 0 spiro atoms. The highest BCUT2D eigenvalue weighted by molar-refractivity contribution is 5.16. The van der Waals surface area contributed by atoms with Gasteiger partial charge in [-0.3, -0.25) is 0 Å². The fourth-order valence-corrected chi connectivity index (χ4v) is 2.26. The molecule has 0 radical (unpaired) electrons. The van der Waals surface area contributed by atoms with Crippen molar-refractivity contribution in [2.45, 2.75) is 18.9 Å². The van der Waals surface area contributed by atoms with Crippen molar-refractivity contribution in [3.63, 3.8) is 0 Å². The first-order valence-corrected chi connectivity index (χ1v) is 6.98. The van der Waals surface area contributed by atoms with Crippen LogP contribution in [-0.2, 0) is 11.2 Å². The topological polar surface area (TPSA) is 24.5 Å². The van der Waals surface area contributed by atoms with Crippen molar-refractivity contribution in [3.8, 4) is 0 Å². The van der Waals surface area contributed by atoms with Crippen molar-refractivity contribution in [3.05, 3.63) is 35.6 Å². The highest BCUT2D eigenvalue weighted by Gasteiger charge is 2.13. The molecule has 1 aliphatic rings. The van der Waals surface area contributed by atoms with E-state index in [0.717, 1.165) is 45.7 Å². The Kier molecular flexibility index (Phi) is 5.76. The summed E-state index contributed by atoms with van der Waals surface area (Å²) in [5.41, 5.74) is 1.19. The molecular formula is C15H23FN2O. The minimum Gasteiger partial charge on any atom is -0.379 e.